The number of aromatic nitrogens is 1. The molecule has 1 aromatic rings. The molecular weight excluding hydrogens is 408 g/mol. The Bertz CT molecular complexity index is 973. The van der Waals surface area contributed by atoms with Crippen LogP contribution < -0.4 is 0 Å². The highest BCUT2D eigenvalue weighted by atomic mass is 16.7. The summed E-state index contributed by atoms with van der Waals surface area (Å²) in [6, 6.07) is 0.282. The Hall–Kier alpha value is -2.67. The summed E-state index contributed by atoms with van der Waals surface area (Å²) < 4.78 is 12.1. The van der Waals surface area contributed by atoms with Gasteiger partial charge in [0.05, 0.1) is 11.6 Å². The van der Waals surface area contributed by atoms with Gasteiger partial charge >= 0.3 is 12.1 Å². The van der Waals surface area contributed by atoms with Crippen molar-refractivity contribution in [2.75, 3.05) is 13.6 Å². The molecule has 3 aliphatic rings. The number of hydrogen-bond acceptors (Lipinski definition) is 6. The summed E-state index contributed by atoms with van der Waals surface area (Å²) in [7, 11) is 2.13. The molecule has 172 valence electrons. The molecule has 7 heteroatoms. The number of carbonyl (C=O) groups is 3. The smallest absolute Gasteiger partial charge is 0.421 e. The van der Waals surface area contributed by atoms with Crippen LogP contribution in [0.25, 0.3) is 6.08 Å². The van der Waals surface area contributed by atoms with Crippen molar-refractivity contribution in [3.63, 3.8) is 0 Å². The first kappa shape index (κ1) is 22.5. The van der Waals surface area contributed by atoms with Crippen LogP contribution in [0.2, 0.25) is 0 Å². The minimum atomic E-state index is -0.965. The predicted molar refractivity (Wildman–Crippen MR) is 120 cm³/mol. The van der Waals surface area contributed by atoms with E-state index in [0.717, 1.165) is 55.3 Å². The van der Waals surface area contributed by atoms with Crippen molar-refractivity contribution in [3.05, 3.63) is 40.7 Å². The zero-order valence-corrected chi connectivity index (χ0v) is 19.2. The number of rotatable bonds is 4. The fraction of sp³-hybridized carbons (Fsp3) is 0.560. The molecular formula is C25H32N2O5. The molecule has 1 fully saturated rings. The van der Waals surface area contributed by atoms with E-state index < -0.39 is 18.4 Å². The lowest BCUT2D eigenvalue weighted by molar-refractivity contribution is -0.168. The maximum Gasteiger partial charge on any atom is 0.421 e. The van der Waals surface area contributed by atoms with Crippen LogP contribution in [-0.4, -0.2) is 53.7 Å². The van der Waals surface area contributed by atoms with E-state index in [1.165, 1.54) is 10.1 Å². The second-order valence-corrected chi connectivity index (χ2v) is 9.49. The lowest BCUT2D eigenvalue weighted by Crippen LogP contribution is -2.38. The van der Waals surface area contributed by atoms with Crippen molar-refractivity contribution >= 4 is 24.4 Å². The van der Waals surface area contributed by atoms with Gasteiger partial charge < -0.3 is 19.2 Å². The van der Waals surface area contributed by atoms with E-state index in [9.17, 15) is 14.4 Å². The van der Waals surface area contributed by atoms with Gasteiger partial charge in [0.1, 0.15) is 6.29 Å². The molecule has 2 unspecified atom stereocenters. The van der Waals surface area contributed by atoms with Crippen molar-refractivity contribution in [2.45, 2.75) is 58.8 Å². The second kappa shape index (κ2) is 9.06. The van der Waals surface area contributed by atoms with Gasteiger partial charge in [-0.15, -0.1) is 0 Å². The van der Waals surface area contributed by atoms with Gasteiger partial charge in [0.2, 0.25) is 6.29 Å². The van der Waals surface area contributed by atoms with Gasteiger partial charge in [-0.05, 0) is 62.4 Å². The summed E-state index contributed by atoms with van der Waals surface area (Å²) >= 11 is 0. The van der Waals surface area contributed by atoms with Crippen LogP contribution in [0.4, 0.5) is 4.79 Å². The molecule has 2 aliphatic carbocycles. The highest BCUT2D eigenvalue weighted by Gasteiger charge is 2.38. The van der Waals surface area contributed by atoms with Gasteiger partial charge in [0.25, 0.3) is 0 Å². The molecule has 0 saturated carbocycles. The van der Waals surface area contributed by atoms with Gasteiger partial charge in [-0.2, -0.15) is 0 Å². The van der Waals surface area contributed by atoms with Gasteiger partial charge in [-0.25, -0.2) is 4.79 Å². The first-order valence-electron chi connectivity index (χ1n) is 11.5. The molecule has 4 atom stereocenters. The quantitative estimate of drug-likeness (QED) is 0.405. The monoisotopic (exact) mass is 440 g/mol. The topological polar surface area (TPSA) is 77.8 Å². The Labute approximate surface area is 189 Å². The highest BCUT2D eigenvalue weighted by molar-refractivity contribution is 5.78. The SMILES string of the molecule is CC(OC(=O)C(C)C)OC(=O)n1cc2c3c1C=CC=C(C3)C1C[C@@H](C=O)CCN(C)[C@@H]1C2. The maximum absolute atomic E-state index is 13.0. The average molecular weight is 441 g/mol. The van der Waals surface area contributed by atoms with Crippen LogP contribution in [0.3, 0.4) is 0 Å². The average Bonchev–Trinajstić information content (AvgIpc) is 2.91. The Morgan fingerprint density at radius 3 is 2.72 bits per heavy atom. The molecule has 0 aromatic carbocycles. The molecule has 7 nitrogen and oxygen atoms in total. The predicted octanol–water partition coefficient (Wildman–Crippen LogP) is 3.60. The molecule has 2 bridgehead atoms. The standard InChI is InChI=1S/C25H32N2O5/c1-15(2)24(29)31-16(3)32-25(30)27-13-19-12-23-20(10-17(14-28)8-9-26(23)4)18-6-5-7-22(27)21(19)11-18/h5-7,13-17,20,23H,8-12H2,1-4H3/t16?,17-,20?,23+/m0/s1. The normalized spacial score (nSPS) is 25.7. The molecule has 4 rings (SSSR count). The number of ether oxygens (including phenoxy) is 2. The lowest BCUT2D eigenvalue weighted by atomic mass is 9.82. The number of nitrogens with zero attached hydrogens (tertiary/aromatic N) is 2. The molecule has 0 N–H and O–H groups in total. The Morgan fingerprint density at radius 2 is 2.00 bits per heavy atom. The molecule has 32 heavy (non-hydrogen) atoms. The fourth-order valence-electron chi connectivity index (χ4n) is 5.12. The summed E-state index contributed by atoms with van der Waals surface area (Å²) in [5.41, 5.74) is 4.39. The third kappa shape index (κ3) is 4.31. The van der Waals surface area contributed by atoms with Gasteiger partial charge in [0, 0.05) is 25.1 Å². The summed E-state index contributed by atoms with van der Waals surface area (Å²) in [6.45, 7) is 5.90. The van der Waals surface area contributed by atoms with Crippen LogP contribution in [-0.2, 0) is 31.9 Å². The number of fused-ring (bicyclic) bond motifs is 3. The minimum Gasteiger partial charge on any atom is -0.425 e. The molecule has 0 radical (unpaired) electrons. The molecule has 1 saturated heterocycles. The second-order valence-electron chi connectivity index (χ2n) is 9.49. The van der Waals surface area contributed by atoms with E-state index in [-0.39, 0.29) is 17.9 Å². The van der Waals surface area contributed by atoms with E-state index in [2.05, 4.69) is 18.0 Å². The van der Waals surface area contributed by atoms with Crippen LogP contribution >= 0.6 is 0 Å². The number of likely N-dealkylation sites (tertiary alicyclic amines) is 1. The summed E-state index contributed by atoms with van der Waals surface area (Å²) in [6.07, 6.45) is 10.9. The van der Waals surface area contributed by atoms with Crippen molar-refractivity contribution in [3.8, 4) is 0 Å². The summed E-state index contributed by atoms with van der Waals surface area (Å²) in [5, 5.41) is 0. The molecule has 1 aliphatic heterocycles. The lowest BCUT2D eigenvalue weighted by Gasteiger charge is -2.32. The molecule has 1 aromatic heterocycles. The summed E-state index contributed by atoms with van der Waals surface area (Å²) in [4.78, 5) is 38.7. The van der Waals surface area contributed by atoms with Crippen LogP contribution in [0.1, 0.15) is 50.4 Å². The van der Waals surface area contributed by atoms with E-state index in [0.29, 0.717) is 5.92 Å². The van der Waals surface area contributed by atoms with E-state index >= 15 is 0 Å². The Morgan fingerprint density at radius 1 is 1.22 bits per heavy atom. The van der Waals surface area contributed by atoms with E-state index in [1.807, 2.05) is 18.3 Å². The number of likely N-dealkylation sites (N-methyl/N-ethyl adjacent to an activating group) is 1. The van der Waals surface area contributed by atoms with Crippen molar-refractivity contribution in [1.29, 1.82) is 0 Å². The van der Waals surface area contributed by atoms with Crippen molar-refractivity contribution < 1.29 is 23.9 Å². The van der Waals surface area contributed by atoms with Gasteiger partial charge in [-0.1, -0.05) is 31.6 Å². The Kier molecular flexibility index (Phi) is 6.38. The van der Waals surface area contributed by atoms with Crippen LogP contribution in [0.15, 0.2) is 23.9 Å². The number of carbonyl (C=O) groups excluding carboxylic acids is 3. The third-order valence-electron chi connectivity index (χ3n) is 6.94. The molecule has 0 spiro atoms. The zero-order chi connectivity index (χ0) is 23.0. The first-order chi connectivity index (χ1) is 15.3. The van der Waals surface area contributed by atoms with E-state index in [4.69, 9.17) is 9.47 Å². The van der Waals surface area contributed by atoms with Crippen LogP contribution in [0.5, 0.6) is 0 Å². The zero-order valence-electron chi connectivity index (χ0n) is 19.2. The molecule has 2 heterocycles. The number of esters is 1. The van der Waals surface area contributed by atoms with Crippen LogP contribution in [0, 0.1) is 17.8 Å². The molecule has 0 amide bonds. The first-order valence-corrected chi connectivity index (χ1v) is 11.5. The number of allylic oxidation sites excluding steroid dienone is 2. The van der Waals surface area contributed by atoms with Crippen molar-refractivity contribution in [1.82, 2.24) is 9.47 Å². The minimum absolute atomic E-state index is 0.0856. The maximum atomic E-state index is 13.0. The number of aldehydes is 1. The van der Waals surface area contributed by atoms with Gasteiger partial charge in [0.15, 0.2) is 0 Å². The Balaban J connectivity index is 1.61. The van der Waals surface area contributed by atoms with Gasteiger partial charge in [-0.3, -0.25) is 9.36 Å². The third-order valence-corrected chi connectivity index (χ3v) is 6.94. The van der Waals surface area contributed by atoms with Crippen molar-refractivity contribution in [2.24, 2.45) is 17.8 Å². The largest absolute Gasteiger partial charge is 0.425 e. The highest BCUT2D eigenvalue weighted by Crippen LogP contribution is 2.40. The van der Waals surface area contributed by atoms with E-state index in [1.54, 1.807) is 20.8 Å². The number of hydrogen-bond donors (Lipinski definition) is 0. The fourth-order valence-corrected chi connectivity index (χ4v) is 5.12. The summed E-state index contributed by atoms with van der Waals surface area (Å²) in [5.74, 6) is -0.296.